The number of aryl methyl sites for hydroxylation is 2. The Balaban J connectivity index is 2.37. The molecule has 17 heavy (non-hydrogen) atoms. The fourth-order valence-electron chi connectivity index (χ4n) is 1.87. The van der Waals surface area contributed by atoms with E-state index < -0.39 is 0 Å². The van der Waals surface area contributed by atoms with E-state index in [-0.39, 0.29) is 5.82 Å². The lowest BCUT2D eigenvalue weighted by Gasteiger charge is -2.09. The molecule has 0 spiro atoms. The molecule has 0 unspecified atom stereocenters. The second-order valence-corrected chi connectivity index (χ2v) is 5.20. The molecule has 0 amide bonds. The summed E-state index contributed by atoms with van der Waals surface area (Å²) in [6.45, 7) is 4.16. The van der Waals surface area contributed by atoms with Crippen LogP contribution in [0, 0.1) is 19.7 Å². The van der Waals surface area contributed by atoms with Crippen LogP contribution in [-0.2, 0) is 6.42 Å². The van der Waals surface area contributed by atoms with Crippen LogP contribution < -0.4 is 0 Å². The zero-order valence-electron chi connectivity index (χ0n) is 9.93. The van der Waals surface area contributed by atoms with Crippen molar-refractivity contribution in [1.82, 2.24) is 0 Å². The molecule has 2 aromatic carbocycles. The van der Waals surface area contributed by atoms with Gasteiger partial charge in [0.2, 0.25) is 0 Å². The lowest BCUT2D eigenvalue weighted by Crippen LogP contribution is -1.94. The Bertz CT molecular complexity index is 497. The molecule has 2 rings (SSSR count). The third-order valence-electron chi connectivity index (χ3n) is 2.89. The van der Waals surface area contributed by atoms with Gasteiger partial charge in [0.1, 0.15) is 5.82 Å². The van der Waals surface area contributed by atoms with Gasteiger partial charge in [-0.3, -0.25) is 0 Å². The lowest BCUT2D eigenvalue weighted by atomic mass is 9.99. The van der Waals surface area contributed by atoms with Crippen LogP contribution in [0.3, 0.4) is 0 Å². The molecule has 0 fully saturated rings. The minimum atomic E-state index is -0.187. The fraction of sp³-hybridized carbons (Fsp3) is 0.200. The van der Waals surface area contributed by atoms with Crippen molar-refractivity contribution in [2.75, 3.05) is 0 Å². The molecule has 2 heteroatoms. The number of rotatable bonds is 2. The first-order chi connectivity index (χ1) is 8.06. The number of halogens is 2. The van der Waals surface area contributed by atoms with Crippen LogP contribution in [0.15, 0.2) is 40.9 Å². The predicted octanol–water partition coefficient (Wildman–Crippen LogP) is 4.80. The topological polar surface area (TPSA) is 0 Å². The number of hydrogen-bond acceptors (Lipinski definition) is 0. The van der Waals surface area contributed by atoms with Gasteiger partial charge < -0.3 is 0 Å². The van der Waals surface area contributed by atoms with E-state index in [2.05, 4.69) is 48.0 Å². The van der Waals surface area contributed by atoms with Gasteiger partial charge in [0.25, 0.3) is 0 Å². The molecule has 0 heterocycles. The Morgan fingerprint density at radius 3 is 2.53 bits per heavy atom. The Morgan fingerprint density at radius 1 is 1.00 bits per heavy atom. The summed E-state index contributed by atoms with van der Waals surface area (Å²) in [5.41, 5.74) is 4.71. The first-order valence-corrected chi connectivity index (χ1v) is 6.35. The highest BCUT2D eigenvalue weighted by Gasteiger charge is 2.05. The molecule has 0 saturated carbocycles. The fourth-order valence-corrected chi connectivity index (χ4v) is 2.26. The molecular formula is C15H14BrF. The van der Waals surface area contributed by atoms with Crippen LogP contribution in [0.2, 0.25) is 0 Å². The molecule has 2 aromatic rings. The van der Waals surface area contributed by atoms with Crippen molar-refractivity contribution in [3.63, 3.8) is 0 Å². The van der Waals surface area contributed by atoms with Gasteiger partial charge in [-0.15, -0.1) is 0 Å². The maximum atomic E-state index is 13.2. The normalized spacial score (nSPS) is 10.6. The summed E-state index contributed by atoms with van der Waals surface area (Å²) in [4.78, 5) is 0. The van der Waals surface area contributed by atoms with Crippen LogP contribution in [0.25, 0.3) is 0 Å². The second-order valence-electron chi connectivity index (χ2n) is 4.34. The van der Waals surface area contributed by atoms with Gasteiger partial charge in [0.05, 0.1) is 0 Å². The summed E-state index contributed by atoms with van der Waals surface area (Å²) >= 11 is 3.46. The van der Waals surface area contributed by atoms with Gasteiger partial charge in [-0.25, -0.2) is 4.39 Å². The van der Waals surface area contributed by atoms with Gasteiger partial charge in [-0.05, 0) is 55.2 Å². The Kier molecular flexibility index (Phi) is 3.63. The van der Waals surface area contributed by atoms with Gasteiger partial charge in [-0.2, -0.15) is 0 Å². The van der Waals surface area contributed by atoms with E-state index in [1.165, 1.54) is 22.8 Å². The zero-order valence-corrected chi connectivity index (χ0v) is 11.5. The van der Waals surface area contributed by atoms with Crippen molar-refractivity contribution >= 4 is 15.9 Å². The minimum absolute atomic E-state index is 0.187. The van der Waals surface area contributed by atoms with Gasteiger partial charge in [0, 0.05) is 4.47 Å². The highest BCUT2D eigenvalue weighted by Crippen LogP contribution is 2.23. The molecule has 0 atom stereocenters. The first-order valence-electron chi connectivity index (χ1n) is 5.56. The van der Waals surface area contributed by atoms with Crippen LogP contribution in [0.4, 0.5) is 4.39 Å². The molecule has 0 bridgehead atoms. The molecule has 0 aliphatic rings. The van der Waals surface area contributed by atoms with E-state index in [1.807, 2.05) is 0 Å². The van der Waals surface area contributed by atoms with Crippen molar-refractivity contribution in [1.29, 1.82) is 0 Å². The van der Waals surface area contributed by atoms with Crippen LogP contribution in [-0.4, -0.2) is 0 Å². The summed E-state index contributed by atoms with van der Waals surface area (Å²) in [5, 5.41) is 0. The van der Waals surface area contributed by atoms with E-state index in [4.69, 9.17) is 0 Å². The average Bonchev–Trinajstić information content (AvgIpc) is 2.28. The Hall–Kier alpha value is -1.15. The number of benzene rings is 2. The molecule has 0 aromatic heterocycles. The molecule has 0 aliphatic heterocycles. The summed E-state index contributed by atoms with van der Waals surface area (Å²) in [6, 6.07) is 11.2. The molecule has 0 radical (unpaired) electrons. The van der Waals surface area contributed by atoms with Crippen molar-refractivity contribution in [3.8, 4) is 0 Å². The summed E-state index contributed by atoms with van der Waals surface area (Å²) < 4.78 is 14.2. The molecule has 0 N–H and O–H groups in total. The maximum Gasteiger partial charge on any atom is 0.123 e. The number of hydrogen-bond donors (Lipinski definition) is 0. The smallest absolute Gasteiger partial charge is 0.123 e. The van der Waals surface area contributed by atoms with E-state index >= 15 is 0 Å². The van der Waals surface area contributed by atoms with Crippen molar-refractivity contribution in [2.45, 2.75) is 20.3 Å². The van der Waals surface area contributed by atoms with E-state index in [9.17, 15) is 4.39 Å². The van der Waals surface area contributed by atoms with Crippen LogP contribution in [0.5, 0.6) is 0 Å². The highest BCUT2D eigenvalue weighted by molar-refractivity contribution is 9.10. The van der Waals surface area contributed by atoms with Gasteiger partial charge in [-0.1, -0.05) is 39.7 Å². The molecule has 0 aliphatic carbocycles. The monoisotopic (exact) mass is 292 g/mol. The van der Waals surface area contributed by atoms with Crippen molar-refractivity contribution in [3.05, 3.63) is 68.9 Å². The van der Waals surface area contributed by atoms with Crippen LogP contribution in [0.1, 0.15) is 22.3 Å². The quantitative estimate of drug-likeness (QED) is 0.746. The summed E-state index contributed by atoms with van der Waals surface area (Å²) in [5.74, 6) is -0.187. The third kappa shape index (κ3) is 2.95. The second kappa shape index (κ2) is 5.01. The van der Waals surface area contributed by atoms with Gasteiger partial charge >= 0.3 is 0 Å². The van der Waals surface area contributed by atoms with Gasteiger partial charge in [0.15, 0.2) is 0 Å². The minimum Gasteiger partial charge on any atom is -0.207 e. The lowest BCUT2D eigenvalue weighted by molar-refractivity contribution is 0.625. The Morgan fingerprint density at radius 2 is 1.76 bits per heavy atom. The average molecular weight is 293 g/mol. The first kappa shape index (κ1) is 12.3. The molecular weight excluding hydrogens is 279 g/mol. The largest absolute Gasteiger partial charge is 0.207 e. The summed E-state index contributed by atoms with van der Waals surface area (Å²) in [6.07, 6.45) is 0.756. The predicted molar refractivity (Wildman–Crippen MR) is 72.8 cm³/mol. The SMILES string of the molecule is Cc1ccc(C)c(Cc2cc(F)ccc2Br)c1. The standard InChI is InChI=1S/C15H14BrF/c1-10-3-4-11(2)12(7-10)8-13-9-14(17)5-6-15(13)16/h3-7,9H,8H2,1-2H3. The van der Waals surface area contributed by atoms with E-state index in [0.29, 0.717) is 0 Å². The zero-order chi connectivity index (χ0) is 12.4. The van der Waals surface area contributed by atoms with E-state index in [0.717, 1.165) is 16.5 Å². The van der Waals surface area contributed by atoms with E-state index in [1.54, 1.807) is 12.1 Å². The van der Waals surface area contributed by atoms with Crippen LogP contribution >= 0.6 is 15.9 Å². The maximum absolute atomic E-state index is 13.2. The molecule has 88 valence electrons. The molecule has 0 nitrogen and oxygen atoms in total. The third-order valence-corrected chi connectivity index (χ3v) is 3.67. The van der Waals surface area contributed by atoms with Crippen molar-refractivity contribution in [2.24, 2.45) is 0 Å². The van der Waals surface area contributed by atoms with Crippen molar-refractivity contribution < 1.29 is 4.39 Å². The highest BCUT2D eigenvalue weighted by atomic mass is 79.9. The molecule has 0 saturated heterocycles. The summed E-state index contributed by atoms with van der Waals surface area (Å²) in [7, 11) is 0. The Labute approximate surface area is 110 Å².